The van der Waals surface area contributed by atoms with Gasteiger partial charge in [0.05, 0.1) is 0 Å². The van der Waals surface area contributed by atoms with E-state index in [2.05, 4.69) is 78.2 Å². The van der Waals surface area contributed by atoms with Gasteiger partial charge in [-0.05, 0) is 45.5 Å². The highest BCUT2D eigenvalue weighted by Crippen LogP contribution is 2.17. The largest absolute Gasteiger partial charge is 0.309 e. The first-order chi connectivity index (χ1) is 8.00. The van der Waals surface area contributed by atoms with E-state index in [4.69, 9.17) is 0 Å². The van der Waals surface area contributed by atoms with E-state index in [0.29, 0.717) is 12.1 Å². The molecular weight excluding hydrogens is 276 g/mol. The van der Waals surface area contributed by atoms with Crippen molar-refractivity contribution in [3.63, 3.8) is 0 Å². The van der Waals surface area contributed by atoms with Crippen molar-refractivity contribution in [2.75, 3.05) is 20.1 Å². The topological polar surface area (TPSA) is 15.3 Å². The molecule has 1 aromatic carbocycles. The minimum absolute atomic E-state index is 0.396. The Morgan fingerprint density at radius 2 is 2.00 bits per heavy atom. The summed E-state index contributed by atoms with van der Waals surface area (Å²) in [6.45, 7) is 8.74. The molecule has 0 aliphatic heterocycles. The van der Waals surface area contributed by atoms with Gasteiger partial charge in [-0.2, -0.15) is 0 Å². The Kier molecular flexibility index (Phi) is 6.17. The third-order valence-corrected chi connectivity index (χ3v) is 3.64. The zero-order valence-corrected chi connectivity index (χ0v) is 12.8. The van der Waals surface area contributed by atoms with Crippen LogP contribution in [-0.2, 0) is 0 Å². The molecule has 1 N–H and O–H groups in total. The maximum atomic E-state index is 3.55. The number of hydrogen-bond acceptors (Lipinski definition) is 2. The van der Waals surface area contributed by atoms with Crippen LogP contribution >= 0.6 is 15.9 Å². The molecule has 1 aromatic rings. The molecule has 0 aromatic heterocycles. The minimum atomic E-state index is 0.396. The van der Waals surface area contributed by atoms with Gasteiger partial charge in [-0.25, -0.2) is 0 Å². The first kappa shape index (κ1) is 14.7. The van der Waals surface area contributed by atoms with Gasteiger partial charge < -0.3 is 10.2 Å². The summed E-state index contributed by atoms with van der Waals surface area (Å²) in [6, 6.07) is 9.48. The van der Waals surface area contributed by atoms with E-state index >= 15 is 0 Å². The second-order valence-corrected chi connectivity index (χ2v) is 5.72. The van der Waals surface area contributed by atoms with Crippen LogP contribution in [0.5, 0.6) is 0 Å². The third-order valence-electron chi connectivity index (χ3n) is 3.15. The van der Waals surface area contributed by atoms with E-state index < -0.39 is 0 Å². The van der Waals surface area contributed by atoms with Crippen LogP contribution in [0.15, 0.2) is 28.7 Å². The van der Waals surface area contributed by atoms with Crippen LogP contribution in [0, 0.1) is 0 Å². The molecule has 2 nitrogen and oxygen atoms in total. The summed E-state index contributed by atoms with van der Waals surface area (Å²) in [5.41, 5.74) is 1.33. The Morgan fingerprint density at radius 3 is 2.59 bits per heavy atom. The van der Waals surface area contributed by atoms with E-state index in [9.17, 15) is 0 Å². The molecule has 0 fully saturated rings. The van der Waals surface area contributed by atoms with E-state index in [-0.39, 0.29) is 0 Å². The molecule has 1 rings (SSSR count). The molecule has 0 bridgehead atoms. The van der Waals surface area contributed by atoms with Gasteiger partial charge in [0.25, 0.3) is 0 Å². The molecule has 0 radical (unpaired) electrons. The lowest BCUT2D eigenvalue weighted by Crippen LogP contribution is -2.34. The maximum Gasteiger partial charge on any atom is 0.0292 e. The Bertz CT molecular complexity index is 339. The highest BCUT2D eigenvalue weighted by Gasteiger charge is 2.06. The molecule has 1 atom stereocenters. The van der Waals surface area contributed by atoms with Crippen LogP contribution in [-0.4, -0.2) is 31.1 Å². The lowest BCUT2D eigenvalue weighted by molar-refractivity contribution is 0.270. The Morgan fingerprint density at radius 1 is 1.29 bits per heavy atom. The smallest absolute Gasteiger partial charge is 0.0292 e. The Labute approximate surface area is 114 Å². The maximum absolute atomic E-state index is 3.55. The molecule has 1 unspecified atom stereocenters. The summed E-state index contributed by atoms with van der Waals surface area (Å²) in [4.78, 5) is 2.35. The van der Waals surface area contributed by atoms with Gasteiger partial charge in [0, 0.05) is 29.6 Å². The standard InChI is InChI=1S/C14H23BrN2/c1-11(2)17(4)9-8-16-12(3)13-6-5-7-14(15)10-13/h5-7,10-12,16H,8-9H2,1-4H3. The molecule has 17 heavy (non-hydrogen) atoms. The number of hydrogen-bond donors (Lipinski definition) is 1. The van der Waals surface area contributed by atoms with Crippen LogP contribution in [0.1, 0.15) is 32.4 Å². The molecule has 0 saturated heterocycles. The van der Waals surface area contributed by atoms with Crippen molar-refractivity contribution >= 4 is 15.9 Å². The second-order valence-electron chi connectivity index (χ2n) is 4.81. The lowest BCUT2D eigenvalue weighted by Gasteiger charge is -2.22. The van der Waals surface area contributed by atoms with E-state index in [1.54, 1.807) is 0 Å². The summed E-state index contributed by atoms with van der Waals surface area (Å²) in [6.07, 6.45) is 0. The quantitative estimate of drug-likeness (QED) is 0.865. The van der Waals surface area contributed by atoms with Crippen molar-refractivity contribution < 1.29 is 0 Å². The van der Waals surface area contributed by atoms with Crippen molar-refractivity contribution in [1.29, 1.82) is 0 Å². The Balaban J connectivity index is 2.37. The number of likely N-dealkylation sites (N-methyl/N-ethyl adjacent to an activating group) is 1. The van der Waals surface area contributed by atoms with Gasteiger partial charge >= 0.3 is 0 Å². The summed E-state index contributed by atoms with van der Waals surface area (Å²) < 4.78 is 1.14. The van der Waals surface area contributed by atoms with Crippen molar-refractivity contribution in [1.82, 2.24) is 10.2 Å². The van der Waals surface area contributed by atoms with E-state index in [0.717, 1.165) is 17.6 Å². The molecule has 0 spiro atoms. The van der Waals surface area contributed by atoms with Crippen molar-refractivity contribution in [2.24, 2.45) is 0 Å². The summed E-state index contributed by atoms with van der Waals surface area (Å²) in [5, 5.41) is 3.55. The number of benzene rings is 1. The van der Waals surface area contributed by atoms with Gasteiger partial charge in [-0.3, -0.25) is 0 Å². The fraction of sp³-hybridized carbons (Fsp3) is 0.571. The molecule has 0 aliphatic carbocycles. The third kappa shape index (κ3) is 5.19. The fourth-order valence-corrected chi connectivity index (χ4v) is 2.03. The highest BCUT2D eigenvalue weighted by molar-refractivity contribution is 9.10. The number of nitrogens with one attached hydrogen (secondary N) is 1. The van der Waals surface area contributed by atoms with Crippen LogP contribution in [0.4, 0.5) is 0 Å². The normalized spacial score (nSPS) is 13.4. The first-order valence-electron chi connectivity index (χ1n) is 6.19. The summed E-state index contributed by atoms with van der Waals surface area (Å²) >= 11 is 3.50. The molecule has 0 saturated carbocycles. The van der Waals surface area contributed by atoms with Crippen LogP contribution < -0.4 is 5.32 Å². The molecule has 96 valence electrons. The number of nitrogens with zero attached hydrogens (tertiary/aromatic N) is 1. The predicted molar refractivity (Wildman–Crippen MR) is 78.3 cm³/mol. The average Bonchev–Trinajstić information content (AvgIpc) is 2.28. The van der Waals surface area contributed by atoms with Gasteiger partial charge in [-0.1, -0.05) is 28.1 Å². The molecule has 0 aliphatic rings. The molecule has 0 amide bonds. The van der Waals surface area contributed by atoms with Gasteiger partial charge in [0.15, 0.2) is 0 Å². The summed E-state index contributed by atoms with van der Waals surface area (Å²) in [7, 11) is 2.16. The van der Waals surface area contributed by atoms with Crippen LogP contribution in [0.2, 0.25) is 0 Å². The van der Waals surface area contributed by atoms with Gasteiger partial charge in [-0.15, -0.1) is 0 Å². The Hall–Kier alpha value is -0.380. The van der Waals surface area contributed by atoms with E-state index in [1.165, 1.54) is 5.56 Å². The zero-order chi connectivity index (χ0) is 12.8. The molecular formula is C14H23BrN2. The molecule has 0 heterocycles. The van der Waals surface area contributed by atoms with Crippen LogP contribution in [0.25, 0.3) is 0 Å². The number of halogens is 1. The first-order valence-corrected chi connectivity index (χ1v) is 6.99. The van der Waals surface area contributed by atoms with Crippen molar-refractivity contribution in [3.8, 4) is 0 Å². The fourth-order valence-electron chi connectivity index (χ4n) is 1.61. The van der Waals surface area contributed by atoms with Gasteiger partial charge in [0.2, 0.25) is 0 Å². The second kappa shape index (κ2) is 7.14. The highest BCUT2D eigenvalue weighted by atomic mass is 79.9. The van der Waals surface area contributed by atoms with Crippen molar-refractivity contribution in [3.05, 3.63) is 34.3 Å². The SMILES string of the molecule is CC(NCCN(C)C(C)C)c1cccc(Br)c1. The lowest BCUT2D eigenvalue weighted by atomic mass is 10.1. The van der Waals surface area contributed by atoms with Crippen LogP contribution in [0.3, 0.4) is 0 Å². The van der Waals surface area contributed by atoms with Gasteiger partial charge in [0.1, 0.15) is 0 Å². The minimum Gasteiger partial charge on any atom is -0.309 e. The molecule has 3 heteroatoms. The number of rotatable bonds is 6. The average molecular weight is 299 g/mol. The monoisotopic (exact) mass is 298 g/mol. The van der Waals surface area contributed by atoms with Crippen molar-refractivity contribution in [2.45, 2.75) is 32.9 Å². The predicted octanol–water partition coefficient (Wildman–Crippen LogP) is 3.44. The van der Waals surface area contributed by atoms with E-state index in [1.807, 2.05) is 0 Å². The zero-order valence-electron chi connectivity index (χ0n) is 11.2. The summed E-state index contributed by atoms with van der Waals surface area (Å²) in [5.74, 6) is 0.